The lowest BCUT2D eigenvalue weighted by Crippen LogP contribution is -1.63. The fraction of sp³-hybridized carbons (Fsp3) is 0.714. The molecule has 0 N–H and O–H groups in total. The van der Waals surface area contributed by atoms with Crippen molar-refractivity contribution < 1.29 is 0 Å². The first-order valence-corrected chi connectivity index (χ1v) is 3.03. The summed E-state index contributed by atoms with van der Waals surface area (Å²) in [5, 5.41) is 0. The Morgan fingerprint density at radius 2 is 2.14 bits per heavy atom. The summed E-state index contributed by atoms with van der Waals surface area (Å²) in [5.74, 6) is 0. The lowest BCUT2D eigenvalue weighted by atomic mass is 10.2. The van der Waals surface area contributed by atoms with Gasteiger partial charge in [0.05, 0.1) is 0 Å². The van der Waals surface area contributed by atoms with Crippen LogP contribution in [0.15, 0.2) is 12.2 Å². The lowest BCUT2D eigenvalue weighted by molar-refractivity contribution is 0.814. The number of hydrogen-bond donors (Lipinski definition) is 0. The smallest absolute Gasteiger partial charge is 0.0351 e. The Morgan fingerprint density at radius 1 is 1.43 bits per heavy atom. The Kier molecular flexibility index (Phi) is 5.53. The first-order chi connectivity index (χ1) is 3.41. The standard InChI is InChI=1S/C7H14/c1-3-5-7-6-4-2/h3,5H,4,6-7H2,1-2H3/b5-3-/i1+1. The normalized spacial score (nSPS) is 10.6. The second-order valence-corrected chi connectivity index (χ2v) is 1.71. The van der Waals surface area contributed by atoms with Gasteiger partial charge in [-0.25, -0.2) is 0 Å². The van der Waals surface area contributed by atoms with E-state index in [4.69, 9.17) is 0 Å². The second kappa shape index (κ2) is 5.74. The third-order valence-corrected chi connectivity index (χ3v) is 0.960. The van der Waals surface area contributed by atoms with Gasteiger partial charge in [-0.05, 0) is 13.3 Å². The second-order valence-electron chi connectivity index (χ2n) is 1.71. The highest BCUT2D eigenvalue weighted by Gasteiger charge is 1.73. The molecule has 0 atom stereocenters. The topological polar surface area (TPSA) is 0 Å². The van der Waals surface area contributed by atoms with Crippen LogP contribution >= 0.6 is 0 Å². The fourth-order valence-electron chi connectivity index (χ4n) is 0.489. The van der Waals surface area contributed by atoms with E-state index in [0.29, 0.717) is 0 Å². The average molecular weight is 99.2 g/mol. The zero-order valence-corrected chi connectivity index (χ0v) is 5.28. The molecule has 0 aliphatic rings. The predicted octanol–water partition coefficient (Wildman–Crippen LogP) is 2.75. The van der Waals surface area contributed by atoms with Gasteiger partial charge in [-0.2, -0.15) is 0 Å². The van der Waals surface area contributed by atoms with E-state index in [2.05, 4.69) is 26.0 Å². The van der Waals surface area contributed by atoms with Crippen LogP contribution in [0.5, 0.6) is 0 Å². The first-order valence-electron chi connectivity index (χ1n) is 3.03. The van der Waals surface area contributed by atoms with E-state index in [1.165, 1.54) is 19.3 Å². The molecule has 0 aromatic rings. The maximum Gasteiger partial charge on any atom is -0.0351 e. The van der Waals surface area contributed by atoms with Crippen LogP contribution in [-0.4, -0.2) is 0 Å². The summed E-state index contributed by atoms with van der Waals surface area (Å²) in [4.78, 5) is 0. The Hall–Kier alpha value is -0.260. The SMILES string of the molecule is CCCC/C=C\[13CH3]. The van der Waals surface area contributed by atoms with E-state index in [1.54, 1.807) is 0 Å². The number of hydrogen-bond acceptors (Lipinski definition) is 0. The van der Waals surface area contributed by atoms with Gasteiger partial charge in [0, 0.05) is 0 Å². The summed E-state index contributed by atoms with van der Waals surface area (Å²) in [5.41, 5.74) is 0. The molecular formula is C7H14. The zero-order chi connectivity index (χ0) is 5.54. The molecule has 0 spiro atoms. The maximum atomic E-state index is 2.21. The van der Waals surface area contributed by atoms with Crippen molar-refractivity contribution in [2.45, 2.75) is 33.1 Å². The Labute approximate surface area is 46.2 Å². The fourth-order valence-corrected chi connectivity index (χ4v) is 0.489. The van der Waals surface area contributed by atoms with Gasteiger partial charge in [0.1, 0.15) is 0 Å². The van der Waals surface area contributed by atoms with Crippen LogP contribution in [0.25, 0.3) is 0 Å². The van der Waals surface area contributed by atoms with E-state index in [9.17, 15) is 0 Å². The summed E-state index contributed by atoms with van der Waals surface area (Å²) in [6.07, 6.45) is 8.22. The van der Waals surface area contributed by atoms with Crippen molar-refractivity contribution in [2.75, 3.05) is 0 Å². The molecule has 0 unspecified atom stereocenters. The molecule has 42 valence electrons. The lowest BCUT2D eigenvalue weighted by Gasteiger charge is -1.83. The van der Waals surface area contributed by atoms with Gasteiger partial charge in [0.15, 0.2) is 0 Å². The van der Waals surface area contributed by atoms with Crippen molar-refractivity contribution >= 4 is 0 Å². The highest BCUT2D eigenvalue weighted by atomic mass is 13.9. The summed E-state index contributed by atoms with van der Waals surface area (Å²) < 4.78 is 0. The Morgan fingerprint density at radius 3 is 2.57 bits per heavy atom. The molecule has 0 heterocycles. The molecule has 0 bridgehead atoms. The average Bonchev–Trinajstić information content (AvgIpc) is 1.69. The van der Waals surface area contributed by atoms with Crippen LogP contribution < -0.4 is 0 Å². The molecule has 0 aliphatic heterocycles. The Balaban J connectivity index is 2.69. The molecule has 0 radical (unpaired) electrons. The van der Waals surface area contributed by atoms with Gasteiger partial charge in [-0.3, -0.25) is 0 Å². The van der Waals surface area contributed by atoms with Gasteiger partial charge in [0.2, 0.25) is 0 Å². The van der Waals surface area contributed by atoms with E-state index in [1.807, 2.05) is 0 Å². The van der Waals surface area contributed by atoms with Crippen LogP contribution in [0.4, 0.5) is 0 Å². The van der Waals surface area contributed by atoms with Crippen LogP contribution in [0, 0.1) is 0 Å². The van der Waals surface area contributed by atoms with Crippen LogP contribution in [-0.2, 0) is 0 Å². The Bertz CT molecular complexity index is 44.0. The van der Waals surface area contributed by atoms with Crippen LogP contribution in [0.2, 0.25) is 0 Å². The highest BCUT2D eigenvalue weighted by Crippen LogP contribution is 1.93. The van der Waals surface area contributed by atoms with E-state index < -0.39 is 0 Å². The van der Waals surface area contributed by atoms with Crippen LogP contribution in [0.3, 0.4) is 0 Å². The minimum absolute atomic E-state index is 1.26. The van der Waals surface area contributed by atoms with Crippen molar-refractivity contribution in [1.29, 1.82) is 0 Å². The monoisotopic (exact) mass is 99.1 g/mol. The molecule has 0 aromatic heterocycles. The summed E-state index contributed by atoms with van der Waals surface area (Å²) in [7, 11) is 0. The quantitative estimate of drug-likeness (QED) is 0.290. The van der Waals surface area contributed by atoms with E-state index in [-0.39, 0.29) is 0 Å². The molecule has 0 rings (SSSR count). The molecule has 0 heteroatoms. The minimum Gasteiger partial charge on any atom is -0.0917 e. The molecule has 7 heavy (non-hydrogen) atoms. The van der Waals surface area contributed by atoms with Crippen molar-refractivity contribution in [2.24, 2.45) is 0 Å². The molecule has 0 aliphatic carbocycles. The third-order valence-electron chi connectivity index (χ3n) is 0.960. The van der Waals surface area contributed by atoms with Gasteiger partial charge in [-0.15, -0.1) is 0 Å². The summed E-state index contributed by atoms with van der Waals surface area (Å²) >= 11 is 0. The van der Waals surface area contributed by atoms with Gasteiger partial charge >= 0.3 is 0 Å². The first kappa shape index (κ1) is 6.74. The number of unbranched alkanes of at least 4 members (excludes halogenated alkanes) is 2. The molecule has 0 amide bonds. The highest BCUT2D eigenvalue weighted by molar-refractivity contribution is 4.75. The third kappa shape index (κ3) is 5.74. The van der Waals surface area contributed by atoms with Crippen molar-refractivity contribution in [3.05, 3.63) is 12.2 Å². The summed E-state index contributed by atoms with van der Waals surface area (Å²) in [6.45, 7) is 4.28. The predicted molar refractivity (Wildman–Crippen MR) is 34.3 cm³/mol. The molecule has 0 aromatic carbocycles. The largest absolute Gasteiger partial charge is 0.0917 e. The molecule has 0 saturated heterocycles. The number of rotatable bonds is 3. The maximum absolute atomic E-state index is 2.21. The van der Waals surface area contributed by atoms with Crippen molar-refractivity contribution in [3.8, 4) is 0 Å². The molecule has 0 saturated carbocycles. The van der Waals surface area contributed by atoms with Crippen LogP contribution in [0.1, 0.15) is 33.1 Å². The molecule has 0 nitrogen and oxygen atoms in total. The van der Waals surface area contributed by atoms with Crippen molar-refractivity contribution in [3.63, 3.8) is 0 Å². The van der Waals surface area contributed by atoms with Gasteiger partial charge in [0.25, 0.3) is 0 Å². The van der Waals surface area contributed by atoms with E-state index in [0.717, 1.165) is 0 Å². The molecule has 0 fully saturated rings. The minimum atomic E-state index is 1.26. The van der Waals surface area contributed by atoms with E-state index >= 15 is 0 Å². The van der Waals surface area contributed by atoms with Gasteiger partial charge < -0.3 is 0 Å². The molecular weight excluding hydrogens is 85.1 g/mol. The van der Waals surface area contributed by atoms with Gasteiger partial charge in [-0.1, -0.05) is 31.9 Å². The zero-order valence-electron chi connectivity index (χ0n) is 5.28. The summed E-state index contributed by atoms with van der Waals surface area (Å²) in [6, 6.07) is 0. The van der Waals surface area contributed by atoms with Crippen molar-refractivity contribution in [1.82, 2.24) is 0 Å². The number of allylic oxidation sites excluding steroid dienone is 2.